The molecule has 2 rings (SSSR count). The van der Waals surface area contributed by atoms with Crippen LogP contribution in [0.15, 0.2) is 46.9 Å². The molecule has 0 aliphatic carbocycles. The van der Waals surface area contributed by atoms with Gasteiger partial charge in [0.2, 0.25) is 0 Å². The van der Waals surface area contributed by atoms with E-state index in [0.717, 1.165) is 4.47 Å². The number of rotatable bonds is 2. The molecule has 1 atom stereocenters. The summed E-state index contributed by atoms with van der Waals surface area (Å²) >= 11 is 9.13. The van der Waals surface area contributed by atoms with E-state index in [9.17, 15) is 9.50 Å². The maximum atomic E-state index is 13.3. The topological polar surface area (TPSA) is 20.2 Å². The van der Waals surface area contributed by atoms with Crippen molar-refractivity contribution in [1.82, 2.24) is 0 Å². The van der Waals surface area contributed by atoms with Crippen LogP contribution >= 0.6 is 27.5 Å². The maximum absolute atomic E-state index is 13.3. The van der Waals surface area contributed by atoms with E-state index in [1.807, 2.05) is 12.1 Å². The third-order valence-electron chi connectivity index (χ3n) is 2.46. The van der Waals surface area contributed by atoms with E-state index >= 15 is 0 Å². The molecule has 0 radical (unpaired) electrons. The minimum Gasteiger partial charge on any atom is -0.384 e. The van der Waals surface area contributed by atoms with Crippen LogP contribution in [-0.4, -0.2) is 5.11 Å². The Kier molecular flexibility index (Phi) is 3.82. The van der Waals surface area contributed by atoms with Crippen LogP contribution in [0.3, 0.4) is 0 Å². The first-order valence-corrected chi connectivity index (χ1v) is 6.14. The molecule has 0 heterocycles. The predicted molar refractivity (Wildman–Crippen MR) is 69.6 cm³/mol. The highest BCUT2D eigenvalue weighted by atomic mass is 79.9. The van der Waals surface area contributed by atoms with Crippen LogP contribution in [-0.2, 0) is 0 Å². The molecule has 0 aromatic heterocycles. The smallest absolute Gasteiger partial charge is 0.142 e. The fourth-order valence-corrected chi connectivity index (χ4v) is 2.05. The molecule has 0 spiro atoms. The summed E-state index contributed by atoms with van der Waals surface area (Å²) in [6.07, 6.45) is -0.925. The van der Waals surface area contributed by atoms with Crippen LogP contribution in [0.4, 0.5) is 4.39 Å². The molecular formula is C13H9BrClFO. The van der Waals surface area contributed by atoms with Crippen molar-refractivity contribution >= 4 is 27.5 Å². The molecule has 88 valence electrons. The van der Waals surface area contributed by atoms with Crippen molar-refractivity contribution in [2.24, 2.45) is 0 Å². The number of aliphatic hydroxyl groups is 1. The van der Waals surface area contributed by atoms with Gasteiger partial charge in [-0.2, -0.15) is 0 Å². The van der Waals surface area contributed by atoms with Crippen molar-refractivity contribution in [1.29, 1.82) is 0 Å². The summed E-state index contributed by atoms with van der Waals surface area (Å²) in [5.41, 5.74) is 1.04. The Balaban J connectivity index is 2.40. The molecule has 0 fully saturated rings. The van der Waals surface area contributed by atoms with Crippen LogP contribution in [0.25, 0.3) is 0 Å². The van der Waals surface area contributed by atoms with Crippen molar-refractivity contribution < 1.29 is 9.50 Å². The van der Waals surface area contributed by atoms with Gasteiger partial charge in [-0.3, -0.25) is 0 Å². The molecule has 0 aliphatic rings. The van der Waals surface area contributed by atoms with Gasteiger partial charge in [-0.15, -0.1) is 0 Å². The molecule has 2 aromatic carbocycles. The summed E-state index contributed by atoms with van der Waals surface area (Å²) in [5.74, 6) is -0.527. The van der Waals surface area contributed by atoms with Crippen molar-refractivity contribution in [3.05, 3.63) is 68.9 Å². The van der Waals surface area contributed by atoms with Gasteiger partial charge in [-0.1, -0.05) is 51.8 Å². The Labute approximate surface area is 112 Å². The zero-order valence-corrected chi connectivity index (χ0v) is 11.0. The molecular weight excluding hydrogens is 306 g/mol. The highest BCUT2D eigenvalue weighted by Crippen LogP contribution is 2.30. The van der Waals surface area contributed by atoms with E-state index in [1.54, 1.807) is 18.2 Å². The third-order valence-corrected chi connectivity index (χ3v) is 3.39. The monoisotopic (exact) mass is 314 g/mol. The molecule has 0 saturated heterocycles. The van der Waals surface area contributed by atoms with Gasteiger partial charge >= 0.3 is 0 Å². The Bertz CT molecular complexity index is 527. The van der Waals surface area contributed by atoms with Gasteiger partial charge < -0.3 is 5.11 Å². The molecule has 2 aromatic rings. The summed E-state index contributed by atoms with van der Waals surface area (Å²) in [6, 6.07) is 11.5. The molecule has 0 saturated carbocycles. The second kappa shape index (κ2) is 5.17. The number of aliphatic hydroxyl groups excluding tert-OH is 1. The fourth-order valence-electron chi connectivity index (χ4n) is 1.56. The van der Waals surface area contributed by atoms with Crippen LogP contribution in [0.2, 0.25) is 5.02 Å². The van der Waals surface area contributed by atoms with E-state index in [-0.39, 0.29) is 5.02 Å². The van der Waals surface area contributed by atoms with Gasteiger partial charge in [0, 0.05) is 10.0 Å². The lowest BCUT2D eigenvalue weighted by molar-refractivity contribution is 0.220. The highest BCUT2D eigenvalue weighted by molar-refractivity contribution is 9.10. The van der Waals surface area contributed by atoms with Crippen molar-refractivity contribution in [2.45, 2.75) is 6.10 Å². The molecule has 0 aliphatic heterocycles. The number of halogens is 3. The largest absolute Gasteiger partial charge is 0.384 e. The first-order chi connectivity index (χ1) is 8.09. The minimum absolute atomic E-state index is 0.0390. The lowest BCUT2D eigenvalue weighted by Crippen LogP contribution is -2.01. The Morgan fingerprint density at radius 2 is 1.76 bits per heavy atom. The van der Waals surface area contributed by atoms with Crippen LogP contribution < -0.4 is 0 Å². The Morgan fingerprint density at radius 1 is 1.12 bits per heavy atom. The first-order valence-electron chi connectivity index (χ1n) is 4.97. The van der Waals surface area contributed by atoms with Crippen molar-refractivity contribution in [2.75, 3.05) is 0 Å². The van der Waals surface area contributed by atoms with Gasteiger partial charge in [-0.25, -0.2) is 4.39 Å². The Hall–Kier alpha value is -0.900. The third kappa shape index (κ3) is 2.68. The van der Waals surface area contributed by atoms with Crippen LogP contribution in [0, 0.1) is 5.82 Å². The van der Waals surface area contributed by atoms with Crippen LogP contribution in [0.5, 0.6) is 0 Å². The van der Waals surface area contributed by atoms with Crippen LogP contribution in [0.1, 0.15) is 17.2 Å². The van der Waals surface area contributed by atoms with Gasteiger partial charge in [0.25, 0.3) is 0 Å². The van der Waals surface area contributed by atoms with E-state index in [4.69, 9.17) is 11.6 Å². The average Bonchev–Trinajstić information content (AvgIpc) is 2.33. The van der Waals surface area contributed by atoms with E-state index in [0.29, 0.717) is 11.1 Å². The summed E-state index contributed by atoms with van der Waals surface area (Å²) in [5, 5.41) is 10.1. The Morgan fingerprint density at radius 3 is 2.41 bits per heavy atom. The van der Waals surface area contributed by atoms with Gasteiger partial charge in [0.05, 0.1) is 5.02 Å². The van der Waals surface area contributed by atoms with Crippen molar-refractivity contribution in [3.8, 4) is 0 Å². The molecule has 1 nitrogen and oxygen atoms in total. The lowest BCUT2D eigenvalue weighted by atomic mass is 10.0. The highest BCUT2D eigenvalue weighted by Gasteiger charge is 2.15. The number of hydrogen-bond acceptors (Lipinski definition) is 1. The quantitative estimate of drug-likeness (QED) is 0.875. The molecule has 1 N–H and O–H groups in total. The minimum atomic E-state index is -0.925. The zero-order valence-electron chi connectivity index (χ0n) is 8.70. The second-order valence-electron chi connectivity index (χ2n) is 3.60. The maximum Gasteiger partial charge on any atom is 0.142 e. The van der Waals surface area contributed by atoms with Gasteiger partial charge in [0.15, 0.2) is 0 Å². The lowest BCUT2D eigenvalue weighted by Gasteiger charge is -2.13. The molecule has 4 heteroatoms. The summed E-state index contributed by atoms with van der Waals surface area (Å²) in [7, 11) is 0. The van der Waals surface area contributed by atoms with E-state index in [1.165, 1.54) is 12.1 Å². The zero-order chi connectivity index (χ0) is 12.4. The SMILES string of the molecule is OC(c1ccc(Br)cc1)c1cccc(F)c1Cl. The molecule has 0 bridgehead atoms. The van der Waals surface area contributed by atoms with Gasteiger partial charge in [0.1, 0.15) is 11.9 Å². The van der Waals surface area contributed by atoms with Gasteiger partial charge in [-0.05, 0) is 23.8 Å². The number of hydrogen-bond donors (Lipinski definition) is 1. The standard InChI is InChI=1S/C13H9BrClFO/c14-9-6-4-8(5-7-9)13(17)10-2-1-3-11(16)12(10)15/h1-7,13,17H. The summed E-state index contributed by atoms with van der Waals surface area (Å²) in [6.45, 7) is 0. The van der Waals surface area contributed by atoms with E-state index in [2.05, 4.69) is 15.9 Å². The second-order valence-corrected chi connectivity index (χ2v) is 4.89. The summed E-state index contributed by atoms with van der Waals surface area (Å²) < 4.78 is 14.2. The molecule has 17 heavy (non-hydrogen) atoms. The summed E-state index contributed by atoms with van der Waals surface area (Å²) in [4.78, 5) is 0. The fraction of sp³-hybridized carbons (Fsp3) is 0.0769. The predicted octanol–water partition coefficient (Wildman–Crippen LogP) is 4.32. The van der Waals surface area contributed by atoms with E-state index < -0.39 is 11.9 Å². The molecule has 0 amide bonds. The molecule has 1 unspecified atom stereocenters. The average molecular weight is 316 g/mol. The first kappa shape index (κ1) is 12.6. The van der Waals surface area contributed by atoms with Crippen molar-refractivity contribution in [3.63, 3.8) is 0 Å². The normalized spacial score (nSPS) is 12.5. The number of benzene rings is 2.